The number of aromatic nitrogens is 1. The van der Waals surface area contributed by atoms with Crippen LogP contribution in [0.4, 0.5) is 0 Å². The number of carbonyl (C=O) groups excluding carboxylic acids is 1. The van der Waals surface area contributed by atoms with E-state index in [1.54, 1.807) is 24.5 Å². The van der Waals surface area contributed by atoms with Crippen molar-refractivity contribution in [3.8, 4) is 0 Å². The highest BCUT2D eigenvalue weighted by molar-refractivity contribution is 5.93. The summed E-state index contributed by atoms with van der Waals surface area (Å²) in [6.45, 7) is 3.78. The molecular formula is C19H27N3O2. The van der Waals surface area contributed by atoms with Crippen molar-refractivity contribution in [1.29, 1.82) is 0 Å². The number of hydrogen-bond donors (Lipinski definition) is 1. The van der Waals surface area contributed by atoms with Crippen molar-refractivity contribution in [1.82, 2.24) is 15.2 Å². The van der Waals surface area contributed by atoms with E-state index in [9.17, 15) is 4.79 Å². The normalized spacial score (nSPS) is 26.6. The zero-order valence-electron chi connectivity index (χ0n) is 14.2. The minimum Gasteiger partial charge on any atom is -0.372 e. The molecule has 2 saturated heterocycles. The van der Waals surface area contributed by atoms with Crippen LogP contribution >= 0.6 is 0 Å². The molecule has 130 valence electrons. The Morgan fingerprint density at radius 1 is 1.33 bits per heavy atom. The SMILES string of the molecule is O=C(NCCC1CCOC12CN(C1CCCC1)C2)c1cccnc1. The zero-order chi connectivity index (χ0) is 16.4. The summed E-state index contributed by atoms with van der Waals surface area (Å²) in [5.41, 5.74) is 0.702. The van der Waals surface area contributed by atoms with E-state index in [4.69, 9.17) is 4.74 Å². The Bertz CT molecular complexity index is 565. The highest BCUT2D eigenvalue weighted by Gasteiger charge is 2.54. The maximum atomic E-state index is 12.1. The van der Waals surface area contributed by atoms with Gasteiger partial charge in [0.15, 0.2) is 0 Å². The summed E-state index contributed by atoms with van der Waals surface area (Å²) in [5, 5.41) is 3.03. The first-order valence-electron chi connectivity index (χ1n) is 9.33. The van der Waals surface area contributed by atoms with Crippen molar-refractivity contribution in [3.63, 3.8) is 0 Å². The lowest BCUT2D eigenvalue weighted by molar-refractivity contribution is -0.146. The Balaban J connectivity index is 1.25. The predicted octanol–water partition coefficient (Wildman–Crippen LogP) is 2.23. The molecule has 1 unspecified atom stereocenters. The van der Waals surface area contributed by atoms with Gasteiger partial charge in [0.2, 0.25) is 0 Å². The fraction of sp³-hybridized carbons (Fsp3) is 0.684. The molecule has 1 N–H and O–H groups in total. The predicted molar refractivity (Wildman–Crippen MR) is 91.8 cm³/mol. The number of nitrogens with zero attached hydrogens (tertiary/aromatic N) is 2. The molecular weight excluding hydrogens is 302 g/mol. The number of rotatable bonds is 5. The summed E-state index contributed by atoms with van der Waals surface area (Å²) in [5.74, 6) is 0.543. The average Bonchev–Trinajstić information content (AvgIpc) is 3.23. The second kappa shape index (κ2) is 6.81. The summed E-state index contributed by atoms with van der Waals surface area (Å²) in [6.07, 6.45) is 10.9. The van der Waals surface area contributed by atoms with Crippen LogP contribution in [0, 0.1) is 5.92 Å². The molecule has 1 spiro atoms. The van der Waals surface area contributed by atoms with Crippen molar-refractivity contribution in [3.05, 3.63) is 30.1 Å². The van der Waals surface area contributed by atoms with Crippen molar-refractivity contribution < 1.29 is 9.53 Å². The van der Waals surface area contributed by atoms with Gasteiger partial charge in [0.25, 0.3) is 5.91 Å². The van der Waals surface area contributed by atoms with Crippen LogP contribution < -0.4 is 5.32 Å². The minimum absolute atomic E-state index is 0.0303. The first-order chi connectivity index (χ1) is 11.8. The van der Waals surface area contributed by atoms with E-state index in [0.717, 1.165) is 38.6 Å². The van der Waals surface area contributed by atoms with Gasteiger partial charge in [-0.15, -0.1) is 0 Å². The molecule has 5 nitrogen and oxygen atoms in total. The van der Waals surface area contributed by atoms with E-state index in [2.05, 4.69) is 15.2 Å². The largest absolute Gasteiger partial charge is 0.372 e. The van der Waals surface area contributed by atoms with E-state index in [1.165, 1.54) is 25.7 Å². The van der Waals surface area contributed by atoms with Crippen LogP contribution in [0.2, 0.25) is 0 Å². The highest BCUT2D eigenvalue weighted by Crippen LogP contribution is 2.44. The Hall–Kier alpha value is -1.46. The van der Waals surface area contributed by atoms with Gasteiger partial charge in [-0.1, -0.05) is 12.8 Å². The number of amides is 1. The van der Waals surface area contributed by atoms with Gasteiger partial charge >= 0.3 is 0 Å². The molecule has 0 radical (unpaired) electrons. The second-order valence-electron chi connectivity index (χ2n) is 7.53. The quantitative estimate of drug-likeness (QED) is 0.900. The van der Waals surface area contributed by atoms with Crippen LogP contribution in [0.25, 0.3) is 0 Å². The molecule has 5 heteroatoms. The van der Waals surface area contributed by atoms with Crippen LogP contribution in [-0.2, 0) is 4.74 Å². The van der Waals surface area contributed by atoms with E-state index in [0.29, 0.717) is 18.0 Å². The molecule has 1 amide bonds. The van der Waals surface area contributed by atoms with E-state index in [1.807, 2.05) is 0 Å². The molecule has 1 aromatic rings. The van der Waals surface area contributed by atoms with Crippen LogP contribution in [0.5, 0.6) is 0 Å². The standard InChI is InChI=1S/C19H27N3O2/c23-18(15-4-3-9-20-12-15)21-10-7-16-8-11-24-19(16)13-22(14-19)17-5-1-2-6-17/h3-4,9,12,16-17H,1-2,5-8,10-11,13-14H2,(H,21,23). The lowest BCUT2D eigenvalue weighted by Gasteiger charge is -2.53. The average molecular weight is 329 g/mol. The number of carbonyl (C=O) groups is 1. The van der Waals surface area contributed by atoms with Gasteiger partial charge in [-0.2, -0.15) is 0 Å². The van der Waals surface area contributed by atoms with Gasteiger partial charge in [0.1, 0.15) is 0 Å². The van der Waals surface area contributed by atoms with E-state index < -0.39 is 0 Å². The molecule has 2 aliphatic heterocycles. The topological polar surface area (TPSA) is 54.5 Å². The molecule has 1 atom stereocenters. The summed E-state index contributed by atoms with van der Waals surface area (Å²) >= 11 is 0. The number of likely N-dealkylation sites (tertiary alicyclic amines) is 1. The molecule has 0 bridgehead atoms. The van der Waals surface area contributed by atoms with Gasteiger partial charge in [-0.3, -0.25) is 14.7 Å². The Morgan fingerprint density at radius 3 is 2.92 bits per heavy atom. The Morgan fingerprint density at radius 2 is 2.17 bits per heavy atom. The van der Waals surface area contributed by atoms with Crippen LogP contribution in [0.3, 0.4) is 0 Å². The summed E-state index contributed by atoms with van der Waals surface area (Å²) < 4.78 is 6.16. The third-order valence-corrected chi connectivity index (χ3v) is 6.08. The molecule has 1 aliphatic carbocycles. The van der Waals surface area contributed by atoms with Crippen molar-refractivity contribution in [2.24, 2.45) is 5.92 Å². The molecule has 24 heavy (non-hydrogen) atoms. The minimum atomic E-state index is -0.0303. The molecule has 1 aromatic heterocycles. The summed E-state index contributed by atoms with van der Waals surface area (Å²) in [4.78, 5) is 18.7. The Kier molecular flexibility index (Phi) is 4.55. The lowest BCUT2D eigenvalue weighted by Crippen LogP contribution is -2.66. The van der Waals surface area contributed by atoms with Crippen LogP contribution in [-0.4, -0.2) is 53.7 Å². The fourth-order valence-corrected chi connectivity index (χ4v) is 4.67. The van der Waals surface area contributed by atoms with Crippen LogP contribution in [0.15, 0.2) is 24.5 Å². The zero-order valence-corrected chi connectivity index (χ0v) is 14.2. The molecule has 3 heterocycles. The molecule has 3 fully saturated rings. The maximum absolute atomic E-state index is 12.1. The van der Waals surface area contributed by atoms with E-state index >= 15 is 0 Å². The van der Waals surface area contributed by atoms with E-state index in [-0.39, 0.29) is 11.5 Å². The number of ether oxygens (including phenoxy) is 1. The summed E-state index contributed by atoms with van der Waals surface area (Å²) in [6, 6.07) is 4.39. The molecule has 3 aliphatic rings. The molecule has 0 aromatic carbocycles. The Labute approximate surface area is 143 Å². The monoisotopic (exact) mass is 329 g/mol. The van der Waals surface area contributed by atoms with Gasteiger partial charge in [0.05, 0.1) is 11.2 Å². The van der Waals surface area contributed by atoms with Crippen LogP contribution in [0.1, 0.15) is 48.9 Å². The van der Waals surface area contributed by atoms with Gasteiger partial charge < -0.3 is 10.1 Å². The molecule has 1 saturated carbocycles. The highest BCUT2D eigenvalue weighted by atomic mass is 16.5. The fourth-order valence-electron chi connectivity index (χ4n) is 4.67. The lowest BCUT2D eigenvalue weighted by atomic mass is 9.78. The third-order valence-electron chi connectivity index (χ3n) is 6.08. The summed E-state index contributed by atoms with van der Waals surface area (Å²) in [7, 11) is 0. The second-order valence-corrected chi connectivity index (χ2v) is 7.53. The first-order valence-corrected chi connectivity index (χ1v) is 9.33. The van der Waals surface area contributed by atoms with Gasteiger partial charge in [0, 0.05) is 44.7 Å². The van der Waals surface area contributed by atoms with Gasteiger partial charge in [-0.05, 0) is 43.7 Å². The number of pyridine rings is 1. The number of hydrogen-bond acceptors (Lipinski definition) is 4. The third kappa shape index (κ3) is 3.07. The van der Waals surface area contributed by atoms with Crippen molar-refractivity contribution in [2.75, 3.05) is 26.2 Å². The maximum Gasteiger partial charge on any atom is 0.252 e. The smallest absolute Gasteiger partial charge is 0.252 e. The first kappa shape index (κ1) is 16.0. The van der Waals surface area contributed by atoms with Gasteiger partial charge in [-0.25, -0.2) is 0 Å². The van der Waals surface area contributed by atoms with Crippen molar-refractivity contribution in [2.45, 2.75) is 50.2 Å². The molecule has 4 rings (SSSR count). The van der Waals surface area contributed by atoms with Crippen molar-refractivity contribution >= 4 is 5.91 Å². The number of nitrogens with one attached hydrogen (secondary N) is 1.